The topological polar surface area (TPSA) is 98.5 Å². The van der Waals surface area contributed by atoms with Crippen LogP contribution in [-0.2, 0) is 6.42 Å². The molecule has 1 aliphatic carbocycles. The van der Waals surface area contributed by atoms with Crippen molar-refractivity contribution >= 4 is 39.9 Å². The third-order valence-electron chi connectivity index (χ3n) is 6.05. The zero-order chi connectivity index (χ0) is 23.7. The minimum absolute atomic E-state index is 0.0667. The fraction of sp³-hybridized carbons (Fsp3) is 0.417. The number of thiazole rings is 1. The van der Waals surface area contributed by atoms with Crippen LogP contribution in [0.1, 0.15) is 61.2 Å². The molecule has 0 aromatic carbocycles. The molecule has 0 radical (unpaired) electrons. The molecule has 0 saturated heterocycles. The molecule has 10 heteroatoms. The summed E-state index contributed by atoms with van der Waals surface area (Å²) in [6.45, 7) is 4.41. The van der Waals surface area contributed by atoms with Crippen molar-refractivity contribution in [2.24, 2.45) is 5.92 Å². The second-order valence-corrected chi connectivity index (χ2v) is 10.7. The van der Waals surface area contributed by atoms with Crippen molar-refractivity contribution in [3.8, 4) is 11.5 Å². The average molecular weight is 496 g/mol. The van der Waals surface area contributed by atoms with Crippen molar-refractivity contribution in [3.05, 3.63) is 52.1 Å². The summed E-state index contributed by atoms with van der Waals surface area (Å²) in [5.74, 6) is 1.96. The molecule has 1 amide bonds. The first kappa shape index (κ1) is 22.9. The van der Waals surface area contributed by atoms with Crippen LogP contribution >= 0.6 is 22.9 Å². The maximum absolute atomic E-state index is 12.7. The molecule has 2 atom stereocenters. The second kappa shape index (κ2) is 9.76. The minimum atomic E-state index is -0.159. The molecule has 5 rings (SSSR count). The van der Waals surface area contributed by atoms with Crippen LogP contribution < -0.4 is 5.32 Å². The Labute approximate surface area is 206 Å². The molecule has 1 N–H and O–H groups in total. The summed E-state index contributed by atoms with van der Waals surface area (Å²) in [5.41, 5.74) is 2.64. The first-order chi connectivity index (χ1) is 16.5. The fourth-order valence-corrected chi connectivity index (χ4v) is 5.47. The van der Waals surface area contributed by atoms with Gasteiger partial charge in [-0.1, -0.05) is 36.8 Å². The third kappa shape index (κ3) is 4.81. The van der Waals surface area contributed by atoms with Crippen LogP contribution in [0.3, 0.4) is 0 Å². The SMILES string of the molecule is CC(C)Cc1nc2cnc(-c3ncccn3)cc2n1[C@@H]1CCC[C@H](NC(=O)c2ncc(Cl)s2)C1. The number of imidazole rings is 1. The Kier molecular flexibility index (Phi) is 6.56. The lowest BCUT2D eigenvalue weighted by molar-refractivity contribution is 0.0920. The lowest BCUT2D eigenvalue weighted by Crippen LogP contribution is -2.39. The summed E-state index contributed by atoms with van der Waals surface area (Å²) in [7, 11) is 0. The van der Waals surface area contributed by atoms with E-state index in [1.165, 1.54) is 17.5 Å². The number of fused-ring (bicyclic) bond motifs is 1. The number of aromatic nitrogens is 6. The molecule has 0 unspecified atom stereocenters. The minimum Gasteiger partial charge on any atom is -0.347 e. The summed E-state index contributed by atoms with van der Waals surface area (Å²) < 4.78 is 2.88. The number of nitrogens with zero attached hydrogens (tertiary/aromatic N) is 6. The molecule has 34 heavy (non-hydrogen) atoms. The van der Waals surface area contributed by atoms with E-state index in [9.17, 15) is 4.79 Å². The monoisotopic (exact) mass is 495 g/mol. The molecule has 4 aromatic rings. The van der Waals surface area contributed by atoms with Crippen LogP contribution in [0.4, 0.5) is 0 Å². The Morgan fingerprint density at radius 3 is 2.76 bits per heavy atom. The normalized spacial score (nSPS) is 18.5. The zero-order valence-corrected chi connectivity index (χ0v) is 20.7. The summed E-state index contributed by atoms with van der Waals surface area (Å²) in [4.78, 5) is 35.0. The van der Waals surface area contributed by atoms with Gasteiger partial charge in [0.2, 0.25) is 0 Å². The van der Waals surface area contributed by atoms with E-state index in [-0.39, 0.29) is 18.0 Å². The van der Waals surface area contributed by atoms with Gasteiger partial charge in [0.1, 0.15) is 21.4 Å². The molecule has 0 bridgehead atoms. The molecular weight excluding hydrogens is 470 g/mol. The second-order valence-electron chi connectivity index (χ2n) is 9.09. The average Bonchev–Trinajstić information content (AvgIpc) is 3.42. The smallest absolute Gasteiger partial charge is 0.280 e. The van der Waals surface area contributed by atoms with E-state index in [1.54, 1.807) is 18.5 Å². The molecule has 1 aliphatic rings. The van der Waals surface area contributed by atoms with E-state index in [2.05, 4.69) is 43.7 Å². The maximum Gasteiger partial charge on any atom is 0.280 e. The number of carbonyl (C=O) groups is 1. The van der Waals surface area contributed by atoms with Crippen LogP contribution in [0.2, 0.25) is 4.34 Å². The van der Waals surface area contributed by atoms with Crippen molar-refractivity contribution in [2.45, 2.75) is 58.0 Å². The highest BCUT2D eigenvalue weighted by Gasteiger charge is 2.29. The number of rotatable bonds is 6. The van der Waals surface area contributed by atoms with E-state index < -0.39 is 0 Å². The van der Waals surface area contributed by atoms with Gasteiger partial charge in [0, 0.05) is 30.9 Å². The van der Waals surface area contributed by atoms with Gasteiger partial charge in [-0.15, -0.1) is 0 Å². The highest BCUT2D eigenvalue weighted by molar-refractivity contribution is 7.17. The number of amides is 1. The van der Waals surface area contributed by atoms with Crippen molar-refractivity contribution in [3.63, 3.8) is 0 Å². The van der Waals surface area contributed by atoms with E-state index in [0.717, 1.165) is 54.7 Å². The molecule has 8 nitrogen and oxygen atoms in total. The lowest BCUT2D eigenvalue weighted by atomic mass is 9.90. The quantitative estimate of drug-likeness (QED) is 0.399. The van der Waals surface area contributed by atoms with Gasteiger partial charge in [-0.05, 0) is 43.7 Å². The van der Waals surface area contributed by atoms with E-state index in [1.807, 2.05) is 12.3 Å². The summed E-state index contributed by atoms with van der Waals surface area (Å²) >= 11 is 7.16. The summed E-state index contributed by atoms with van der Waals surface area (Å²) in [5, 5.41) is 3.57. The molecule has 1 fully saturated rings. The largest absolute Gasteiger partial charge is 0.347 e. The molecular formula is C24H26ClN7OS. The maximum atomic E-state index is 12.7. The van der Waals surface area contributed by atoms with E-state index >= 15 is 0 Å². The molecule has 176 valence electrons. The highest BCUT2D eigenvalue weighted by atomic mass is 35.5. The fourth-order valence-electron chi connectivity index (χ4n) is 4.65. The Hall–Kier alpha value is -2.91. The molecule has 4 heterocycles. The predicted octanol–water partition coefficient (Wildman–Crippen LogP) is 5.11. The Morgan fingerprint density at radius 2 is 2.03 bits per heavy atom. The van der Waals surface area contributed by atoms with Crippen molar-refractivity contribution in [1.82, 2.24) is 34.8 Å². The first-order valence-corrected chi connectivity index (χ1v) is 12.7. The number of pyridine rings is 1. The number of hydrogen-bond acceptors (Lipinski definition) is 7. The molecule has 0 aliphatic heterocycles. The highest BCUT2D eigenvalue weighted by Crippen LogP contribution is 2.34. The van der Waals surface area contributed by atoms with E-state index in [0.29, 0.717) is 21.1 Å². The number of halogens is 1. The van der Waals surface area contributed by atoms with Gasteiger partial charge in [0.15, 0.2) is 10.8 Å². The lowest BCUT2D eigenvalue weighted by Gasteiger charge is -2.32. The standard InChI is InChI=1S/C24H26ClN7OS/c1-14(2)9-21-31-18-12-28-17(22-26-7-4-8-27-22)11-19(18)32(21)16-6-3-5-15(10-16)30-23(33)24-29-13-20(25)34-24/h4,7-8,11-16H,3,5-6,9-10H2,1-2H3,(H,30,33)/t15-,16+/m0/s1. The molecule has 4 aromatic heterocycles. The van der Waals surface area contributed by atoms with Gasteiger partial charge in [-0.2, -0.15) is 0 Å². The summed E-state index contributed by atoms with van der Waals surface area (Å²) in [6, 6.07) is 4.13. The van der Waals surface area contributed by atoms with Gasteiger partial charge in [-0.25, -0.2) is 19.9 Å². The Bertz CT molecular complexity index is 1300. The molecule has 0 spiro atoms. The van der Waals surface area contributed by atoms with E-state index in [4.69, 9.17) is 16.6 Å². The van der Waals surface area contributed by atoms with Gasteiger partial charge < -0.3 is 9.88 Å². The van der Waals surface area contributed by atoms with Crippen LogP contribution in [0, 0.1) is 5.92 Å². The zero-order valence-electron chi connectivity index (χ0n) is 19.1. The Morgan fingerprint density at radius 1 is 1.21 bits per heavy atom. The van der Waals surface area contributed by atoms with Crippen LogP contribution in [-0.4, -0.2) is 41.4 Å². The van der Waals surface area contributed by atoms with Crippen molar-refractivity contribution in [1.29, 1.82) is 0 Å². The van der Waals surface area contributed by atoms with Crippen LogP contribution in [0.25, 0.3) is 22.6 Å². The predicted molar refractivity (Wildman–Crippen MR) is 133 cm³/mol. The number of hydrogen-bond donors (Lipinski definition) is 1. The number of carbonyl (C=O) groups excluding carboxylic acids is 1. The van der Waals surface area contributed by atoms with Gasteiger partial charge in [-0.3, -0.25) is 9.78 Å². The third-order valence-corrected chi connectivity index (χ3v) is 7.17. The van der Waals surface area contributed by atoms with Crippen LogP contribution in [0.15, 0.2) is 36.9 Å². The Balaban J connectivity index is 1.47. The van der Waals surface area contributed by atoms with Gasteiger partial charge in [0.05, 0.1) is 17.9 Å². The van der Waals surface area contributed by atoms with Gasteiger partial charge in [0.25, 0.3) is 5.91 Å². The van der Waals surface area contributed by atoms with Crippen molar-refractivity contribution in [2.75, 3.05) is 0 Å². The molecule has 1 saturated carbocycles. The number of nitrogens with one attached hydrogen (secondary N) is 1. The summed E-state index contributed by atoms with van der Waals surface area (Å²) in [6.07, 6.45) is 11.5. The first-order valence-electron chi connectivity index (χ1n) is 11.5. The van der Waals surface area contributed by atoms with Crippen molar-refractivity contribution < 1.29 is 4.79 Å². The van der Waals surface area contributed by atoms with Crippen LogP contribution in [0.5, 0.6) is 0 Å². The van der Waals surface area contributed by atoms with Gasteiger partial charge >= 0.3 is 0 Å².